The largest absolute Gasteiger partial charge is 0.481 e. The third-order valence-electron chi connectivity index (χ3n) is 9.39. The Morgan fingerprint density at radius 1 is 1.06 bits per heavy atom. The Morgan fingerprint density at radius 2 is 1.84 bits per heavy atom. The monoisotopic (exact) mass is 432 g/mol. The molecule has 0 bridgehead atoms. The van der Waals surface area contributed by atoms with Gasteiger partial charge in [-0.3, -0.25) is 14.4 Å². The molecule has 0 saturated heterocycles. The van der Waals surface area contributed by atoms with Crippen LogP contribution in [0.2, 0.25) is 0 Å². The summed E-state index contributed by atoms with van der Waals surface area (Å²) in [7, 11) is 1.51. The lowest BCUT2D eigenvalue weighted by Gasteiger charge is -2.57. The summed E-state index contributed by atoms with van der Waals surface area (Å²) in [6.07, 6.45) is 9.95. The maximum absolute atomic E-state index is 12.4. The summed E-state index contributed by atoms with van der Waals surface area (Å²) in [6.45, 7) is 4.71. The van der Waals surface area contributed by atoms with E-state index < -0.39 is 11.9 Å². The normalized spacial score (nSPS) is 41.3. The number of hydrogen-bond acceptors (Lipinski definition) is 5. The van der Waals surface area contributed by atoms with E-state index in [9.17, 15) is 14.4 Å². The predicted molar refractivity (Wildman–Crippen MR) is 114 cm³/mol. The first-order chi connectivity index (χ1) is 14.7. The number of carbonyl (C=O) groups is 3. The van der Waals surface area contributed by atoms with Crippen molar-refractivity contribution in [3.63, 3.8) is 0 Å². The summed E-state index contributed by atoms with van der Waals surface area (Å²) in [5, 5.41) is 8.77. The van der Waals surface area contributed by atoms with E-state index in [0.29, 0.717) is 17.8 Å². The van der Waals surface area contributed by atoms with E-state index in [1.165, 1.54) is 12.7 Å². The van der Waals surface area contributed by atoms with E-state index in [1.807, 2.05) is 0 Å². The zero-order valence-corrected chi connectivity index (χ0v) is 19.0. The van der Waals surface area contributed by atoms with Crippen molar-refractivity contribution in [1.29, 1.82) is 0 Å². The number of esters is 2. The molecule has 1 N–H and O–H groups in total. The van der Waals surface area contributed by atoms with Crippen LogP contribution in [0.1, 0.15) is 78.1 Å². The average molecular weight is 433 g/mol. The third kappa shape index (κ3) is 3.80. The van der Waals surface area contributed by atoms with Gasteiger partial charge in [0.25, 0.3) is 0 Å². The molecular weight excluding hydrogens is 396 g/mol. The number of aliphatic carboxylic acids is 1. The minimum Gasteiger partial charge on any atom is -0.481 e. The fourth-order valence-electron chi connectivity index (χ4n) is 7.71. The maximum atomic E-state index is 12.4. The highest BCUT2D eigenvalue weighted by Gasteiger charge is 2.60. The SMILES string of the molecule is COC(=O)[C@@H]1CC[C@@H]2[C@H]3CC=C4C[C@@H](OC(=O)CCC(=O)O)CC[C@]4(C)[C@@H]3CC[C@]21C. The van der Waals surface area contributed by atoms with Gasteiger partial charge in [-0.15, -0.1) is 0 Å². The van der Waals surface area contributed by atoms with E-state index in [4.69, 9.17) is 14.6 Å². The zero-order valence-electron chi connectivity index (χ0n) is 19.0. The fourth-order valence-corrected chi connectivity index (χ4v) is 7.71. The highest BCUT2D eigenvalue weighted by Crippen LogP contribution is 2.66. The number of allylic oxidation sites excluding steroid dienone is 1. The number of carboxylic acids is 1. The Bertz CT molecular complexity index is 787. The Hall–Kier alpha value is -1.85. The van der Waals surface area contributed by atoms with Gasteiger partial charge in [0.15, 0.2) is 0 Å². The topological polar surface area (TPSA) is 89.9 Å². The number of rotatable bonds is 5. The summed E-state index contributed by atoms with van der Waals surface area (Å²) < 4.78 is 10.8. The van der Waals surface area contributed by atoms with Crippen molar-refractivity contribution in [3.8, 4) is 0 Å². The number of carboxylic acid groups (broad SMARTS) is 1. The van der Waals surface area contributed by atoms with Gasteiger partial charge >= 0.3 is 17.9 Å². The van der Waals surface area contributed by atoms with E-state index in [1.54, 1.807) is 0 Å². The molecule has 0 aromatic rings. The first kappa shape index (κ1) is 22.3. The van der Waals surface area contributed by atoms with Crippen molar-refractivity contribution in [2.75, 3.05) is 7.11 Å². The van der Waals surface area contributed by atoms with Gasteiger partial charge in [-0.25, -0.2) is 0 Å². The lowest BCUT2D eigenvalue weighted by molar-refractivity contribution is -0.155. The molecule has 0 heterocycles. The van der Waals surface area contributed by atoms with Crippen LogP contribution >= 0.6 is 0 Å². The van der Waals surface area contributed by atoms with Crippen LogP contribution in [-0.2, 0) is 23.9 Å². The van der Waals surface area contributed by atoms with Gasteiger partial charge in [-0.1, -0.05) is 25.5 Å². The highest BCUT2D eigenvalue weighted by molar-refractivity contribution is 5.76. The molecule has 7 atom stereocenters. The van der Waals surface area contributed by atoms with Crippen LogP contribution in [0, 0.1) is 34.5 Å². The minimum atomic E-state index is -0.972. The molecule has 172 valence electrons. The fraction of sp³-hybridized carbons (Fsp3) is 0.800. The molecule has 0 radical (unpaired) electrons. The molecule has 6 heteroatoms. The molecule has 6 nitrogen and oxygen atoms in total. The molecule has 0 aromatic heterocycles. The van der Waals surface area contributed by atoms with Gasteiger partial charge in [0.1, 0.15) is 6.10 Å². The van der Waals surface area contributed by atoms with Crippen LogP contribution in [-0.4, -0.2) is 36.2 Å². The van der Waals surface area contributed by atoms with Crippen molar-refractivity contribution in [1.82, 2.24) is 0 Å². The average Bonchev–Trinajstić information content (AvgIpc) is 3.09. The molecule has 4 rings (SSSR count). The lowest BCUT2D eigenvalue weighted by atomic mass is 9.47. The molecule has 0 spiro atoms. The summed E-state index contributed by atoms with van der Waals surface area (Å²) in [5.41, 5.74) is 1.60. The minimum absolute atomic E-state index is 0.0302. The second kappa shape index (κ2) is 8.25. The van der Waals surface area contributed by atoms with Crippen LogP contribution < -0.4 is 0 Å². The van der Waals surface area contributed by atoms with Gasteiger partial charge in [0.05, 0.1) is 25.9 Å². The molecule has 0 aromatic carbocycles. The van der Waals surface area contributed by atoms with Gasteiger partial charge in [-0.2, -0.15) is 0 Å². The number of carbonyl (C=O) groups excluding carboxylic acids is 2. The summed E-state index contributed by atoms with van der Waals surface area (Å²) >= 11 is 0. The smallest absolute Gasteiger partial charge is 0.309 e. The van der Waals surface area contributed by atoms with E-state index in [-0.39, 0.29) is 41.7 Å². The predicted octanol–water partition coefficient (Wildman–Crippen LogP) is 4.52. The van der Waals surface area contributed by atoms with Gasteiger partial charge < -0.3 is 14.6 Å². The van der Waals surface area contributed by atoms with Gasteiger partial charge in [-0.05, 0) is 73.5 Å². The number of hydrogen-bond donors (Lipinski definition) is 1. The van der Waals surface area contributed by atoms with E-state index in [2.05, 4.69) is 19.9 Å². The van der Waals surface area contributed by atoms with Crippen LogP contribution in [0.15, 0.2) is 11.6 Å². The lowest BCUT2D eigenvalue weighted by Crippen LogP contribution is -2.51. The van der Waals surface area contributed by atoms with Crippen LogP contribution in [0.25, 0.3) is 0 Å². The Kier molecular flexibility index (Phi) is 5.95. The van der Waals surface area contributed by atoms with Crippen molar-refractivity contribution < 1.29 is 29.0 Å². The quantitative estimate of drug-likeness (QED) is 0.508. The standard InChI is InChI=1S/C25H36O6/c1-24-12-10-16(31-22(28)9-8-21(26)27)14-15(24)4-5-17-18-6-7-20(23(29)30-3)25(18,2)13-11-19(17)24/h4,16-20H,5-14H2,1-3H3,(H,26,27)/t16-,17+,18+,19+,20-,24-,25+/m0/s1. The Balaban J connectivity index is 1.46. The Labute approximate surface area is 184 Å². The van der Waals surface area contributed by atoms with Crippen LogP contribution in [0.3, 0.4) is 0 Å². The molecule has 4 aliphatic rings. The molecule has 4 aliphatic carbocycles. The number of ether oxygens (including phenoxy) is 2. The molecule has 0 aliphatic heterocycles. The van der Waals surface area contributed by atoms with Crippen molar-refractivity contribution in [3.05, 3.63) is 11.6 Å². The molecule has 3 saturated carbocycles. The first-order valence-corrected chi connectivity index (χ1v) is 11.9. The second-order valence-electron chi connectivity index (χ2n) is 10.7. The van der Waals surface area contributed by atoms with Crippen molar-refractivity contribution in [2.24, 2.45) is 34.5 Å². The first-order valence-electron chi connectivity index (χ1n) is 11.9. The zero-order chi connectivity index (χ0) is 22.4. The second-order valence-corrected chi connectivity index (χ2v) is 10.7. The summed E-state index contributed by atoms with van der Waals surface area (Å²) in [6, 6.07) is 0. The maximum Gasteiger partial charge on any atom is 0.309 e. The molecule has 0 unspecified atom stereocenters. The number of methoxy groups -OCH3 is 1. The van der Waals surface area contributed by atoms with E-state index in [0.717, 1.165) is 51.4 Å². The molecule has 3 fully saturated rings. The highest BCUT2D eigenvalue weighted by atomic mass is 16.5. The van der Waals surface area contributed by atoms with Crippen molar-refractivity contribution in [2.45, 2.75) is 84.2 Å². The molecule has 0 amide bonds. The van der Waals surface area contributed by atoms with Crippen LogP contribution in [0.4, 0.5) is 0 Å². The molecular formula is C25H36O6. The van der Waals surface area contributed by atoms with Crippen LogP contribution in [0.5, 0.6) is 0 Å². The van der Waals surface area contributed by atoms with Gasteiger partial charge in [0.2, 0.25) is 0 Å². The third-order valence-corrected chi connectivity index (χ3v) is 9.39. The summed E-state index contributed by atoms with van der Waals surface area (Å²) in [5.74, 6) is 0.409. The van der Waals surface area contributed by atoms with E-state index >= 15 is 0 Å². The molecule has 31 heavy (non-hydrogen) atoms. The number of fused-ring (bicyclic) bond motifs is 5. The Morgan fingerprint density at radius 3 is 2.55 bits per heavy atom. The van der Waals surface area contributed by atoms with Gasteiger partial charge in [0, 0.05) is 6.42 Å². The van der Waals surface area contributed by atoms with Crippen molar-refractivity contribution >= 4 is 17.9 Å². The summed E-state index contributed by atoms with van der Waals surface area (Å²) in [4.78, 5) is 35.1.